The molecule has 1 heterocycles. The Hall–Kier alpha value is -3.12. The fraction of sp³-hybridized carbons (Fsp3) is 0.391. The Morgan fingerprint density at radius 3 is 1.77 bits per heavy atom. The lowest BCUT2D eigenvalue weighted by Crippen LogP contribution is -2.46. The molecule has 0 aromatic heterocycles. The number of benzene rings is 2. The highest BCUT2D eigenvalue weighted by Gasteiger charge is 2.45. The van der Waals surface area contributed by atoms with Gasteiger partial charge in [0.2, 0.25) is 11.8 Å². The Bertz CT molecular complexity index is 1050. The van der Waals surface area contributed by atoms with Gasteiger partial charge in [0.25, 0.3) is 0 Å². The third kappa shape index (κ3) is 6.31. The molecule has 1 aliphatic carbocycles. The largest absolute Gasteiger partial charge is 0.416 e. The Morgan fingerprint density at radius 1 is 0.886 bits per heavy atom. The first kappa shape index (κ1) is 26.5. The Kier molecular flexibility index (Phi) is 7.46. The van der Waals surface area contributed by atoms with Crippen LogP contribution in [0.25, 0.3) is 0 Å². The van der Waals surface area contributed by atoms with Crippen molar-refractivity contribution in [1.82, 2.24) is 10.6 Å². The fourth-order valence-corrected chi connectivity index (χ4v) is 4.08. The van der Waals surface area contributed by atoms with E-state index < -0.39 is 41.5 Å². The van der Waals surface area contributed by atoms with Crippen molar-refractivity contribution in [2.24, 2.45) is 11.5 Å². The maximum Gasteiger partial charge on any atom is 0.416 e. The molecule has 4 rings (SSSR count). The number of nitrogens with one attached hydrogen (secondary N) is 2. The van der Waals surface area contributed by atoms with Crippen LogP contribution in [0, 0.1) is 0 Å². The highest BCUT2D eigenvalue weighted by atomic mass is 19.4. The Morgan fingerprint density at radius 2 is 1.34 bits per heavy atom. The van der Waals surface area contributed by atoms with Gasteiger partial charge in [-0.2, -0.15) is 26.3 Å². The molecule has 1 aliphatic heterocycles. The minimum absolute atomic E-state index is 0.161. The van der Waals surface area contributed by atoms with Gasteiger partial charge in [0.05, 0.1) is 16.8 Å². The first-order valence-electron chi connectivity index (χ1n) is 10.7. The van der Waals surface area contributed by atoms with E-state index in [1.54, 1.807) is 0 Å². The van der Waals surface area contributed by atoms with E-state index in [4.69, 9.17) is 11.5 Å². The second-order valence-corrected chi connectivity index (χ2v) is 8.48. The molecule has 6 nitrogen and oxygen atoms in total. The minimum atomic E-state index is -4.39. The third-order valence-corrected chi connectivity index (χ3v) is 5.98. The molecule has 0 bridgehead atoms. The van der Waals surface area contributed by atoms with Crippen LogP contribution in [0.15, 0.2) is 48.5 Å². The molecule has 2 aromatic carbocycles. The molecule has 2 aromatic rings. The van der Waals surface area contributed by atoms with Crippen molar-refractivity contribution >= 4 is 11.8 Å². The second kappa shape index (κ2) is 9.86. The first-order chi connectivity index (χ1) is 16.2. The number of hydrogen-bond acceptors (Lipinski definition) is 4. The molecule has 2 atom stereocenters. The SMILES string of the molecule is NC(=O)C(N)c1ccc(C(F)(F)F)cc1.O=C1NC2(CCCC2)NC1c1ccc(C(F)(F)F)cc1. The van der Waals surface area contributed by atoms with E-state index in [2.05, 4.69) is 10.6 Å². The normalized spacial score (nSPS) is 20.2. The number of carbonyl (C=O) groups is 2. The summed E-state index contributed by atoms with van der Waals surface area (Å²) in [4.78, 5) is 22.7. The number of carbonyl (C=O) groups excluding carboxylic acids is 2. The summed E-state index contributed by atoms with van der Waals surface area (Å²) < 4.78 is 74.0. The molecule has 12 heteroatoms. The van der Waals surface area contributed by atoms with Gasteiger partial charge in [-0.15, -0.1) is 0 Å². The van der Waals surface area contributed by atoms with Gasteiger partial charge in [-0.25, -0.2) is 0 Å². The number of alkyl halides is 6. The summed E-state index contributed by atoms with van der Waals surface area (Å²) in [7, 11) is 0. The lowest BCUT2D eigenvalue weighted by Gasteiger charge is -2.23. The van der Waals surface area contributed by atoms with Gasteiger partial charge in [-0.1, -0.05) is 24.3 Å². The smallest absolute Gasteiger partial charge is 0.368 e. The summed E-state index contributed by atoms with van der Waals surface area (Å²) in [5, 5.41) is 6.20. The highest BCUT2D eigenvalue weighted by Crippen LogP contribution is 2.36. The number of nitrogens with two attached hydrogens (primary N) is 2. The molecule has 2 amide bonds. The zero-order valence-corrected chi connectivity index (χ0v) is 18.3. The minimum Gasteiger partial charge on any atom is -0.368 e. The standard InChI is InChI=1S/C14H15F3N2O.C9H9F3N2O/c15-14(16,17)10-5-3-9(4-6-10)11-12(20)19-13(18-11)7-1-2-8-13;10-9(11,12)6-3-1-5(2-4-6)7(13)8(14)15/h3-6,11,18H,1-2,7-8H2,(H,19,20);1-4,7H,13H2,(H2,14,15). The van der Waals surface area contributed by atoms with Crippen LogP contribution in [0.2, 0.25) is 0 Å². The van der Waals surface area contributed by atoms with Crippen LogP contribution in [-0.2, 0) is 21.9 Å². The summed E-state index contributed by atoms with van der Waals surface area (Å²) in [5.41, 5.74) is 9.23. The van der Waals surface area contributed by atoms with Crippen molar-refractivity contribution in [2.45, 2.75) is 55.8 Å². The van der Waals surface area contributed by atoms with Gasteiger partial charge in [-0.3, -0.25) is 14.9 Å². The summed E-state index contributed by atoms with van der Waals surface area (Å²) >= 11 is 0. The molecule has 2 fully saturated rings. The predicted octanol–water partition coefficient (Wildman–Crippen LogP) is 3.93. The van der Waals surface area contributed by atoms with Crippen LogP contribution < -0.4 is 22.1 Å². The molecule has 1 spiro atoms. The lowest BCUT2D eigenvalue weighted by atomic mass is 10.0. The first-order valence-corrected chi connectivity index (χ1v) is 10.7. The molecule has 35 heavy (non-hydrogen) atoms. The van der Waals surface area contributed by atoms with Gasteiger partial charge < -0.3 is 16.8 Å². The predicted molar refractivity (Wildman–Crippen MR) is 114 cm³/mol. The van der Waals surface area contributed by atoms with Crippen molar-refractivity contribution in [3.63, 3.8) is 0 Å². The molecule has 2 aliphatic rings. The number of hydrogen-bond donors (Lipinski definition) is 4. The van der Waals surface area contributed by atoms with E-state index in [1.807, 2.05) is 0 Å². The maximum atomic E-state index is 12.5. The lowest BCUT2D eigenvalue weighted by molar-refractivity contribution is -0.138. The third-order valence-electron chi connectivity index (χ3n) is 5.98. The zero-order valence-electron chi connectivity index (χ0n) is 18.3. The average Bonchev–Trinajstić information content (AvgIpc) is 3.38. The monoisotopic (exact) mass is 502 g/mol. The summed E-state index contributed by atoms with van der Waals surface area (Å²) in [5.74, 6) is -0.943. The molecule has 1 saturated heterocycles. The van der Waals surface area contributed by atoms with Crippen LogP contribution in [0.1, 0.15) is 60.0 Å². The van der Waals surface area contributed by atoms with E-state index in [0.717, 1.165) is 62.1 Å². The van der Waals surface area contributed by atoms with E-state index >= 15 is 0 Å². The van der Waals surface area contributed by atoms with Crippen LogP contribution in [0.5, 0.6) is 0 Å². The number of rotatable bonds is 3. The Labute approximate surface area is 197 Å². The molecular formula is C23H24F6N4O2. The maximum absolute atomic E-state index is 12.5. The average molecular weight is 502 g/mol. The van der Waals surface area contributed by atoms with E-state index in [0.29, 0.717) is 5.56 Å². The second-order valence-electron chi connectivity index (χ2n) is 8.48. The van der Waals surface area contributed by atoms with Gasteiger partial charge in [-0.05, 0) is 61.1 Å². The summed E-state index contributed by atoms with van der Waals surface area (Å²) in [6, 6.07) is 7.13. The van der Waals surface area contributed by atoms with E-state index in [-0.39, 0.29) is 17.1 Å². The molecular weight excluding hydrogens is 478 g/mol. The molecule has 2 unspecified atom stereocenters. The van der Waals surface area contributed by atoms with Crippen LogP contribution in [-0.4, -0.2) is 17.5 Å². The van der Waals surface area contributed by atoms with Crippen LogP contribution in [0.3, 0.4) is 0 Å². The molecule has 190 valence electrons. The van der Waals surface area contributed by atoms with Gasteiger partial charge >= 0.3 is 12.4 Å². The molecule has 6 N–H and O–H groups in total. The van der Waals surface area contributed by atoms with E-state index in [1.165, 1.54) is 12.1 Å². The van der Waals surface area contributed by atoms with Crippen molar-refractivity contribution in [3.05, 3.63) is 70.8 Å². The van der Waals surface area contributed by atoms with Crippen LogP contribution >= 0.6 is 0 Å². The van der Waals surface area contributed by atoms with Crippen LogP contribution in [0.4, 0.5) is 26.3 Å². The van der Waals surface area contributed by atoms with Crippen molar-refractivity contribution in [1.29, 1.82) is 0 Å². The molecule has 1 saturated carbocycles. The topological polar surface area (TPSA) is 110 Å². The van der Waals surface area contributed by atoms with Gasteiger partial charge in [0.15, 0.2) is 0 Å². The molecule has 0 radical (unpaired) electrons. The van der Waals surface area contributed by atoms with Crippen molar-refractivity contribution < 1.29 is 35.9 Å². The number of halogens is 6. The van der Waals surface area contributed by atoms with Gasteiger partial charge in [0.1, 0.15) is 12.1 Å². The highest BCUT2D eigenvalue weighted by molar-refractivity contribution is 5.86. The zero-order chi connectivity index (χ0) is 26.0. The Balaban J connectivity index is 0.000000205. The summed E-state index contributed by atoms with van der Waals surface area (Å²) in [6.07, 6.45) is -4.91. The van der Waals surface area contributed by atoms with Crippen molar-refractivity contribution in [3.8, 4) is 0 Å². The number of amides is 2. The fourth-order valence-electron chi connectivity index (χ4n) is 4.08. The van der Waals surface area contributed by atoms with Gasteiger partial charge in [0, 0.05) is 0 Å². The number of primary amides is 1. The summed E-state index contributed by atoms with van der Waals surface area (Å²) in [6.45, 7) is 0. The quantitative estimate of drug-likeness (QED) is 0.477. The van der Waals surface area contributed by atoms with E-state index in [9.17, 15) is 35.9 Å². The van der Waals surface area contributed by atoms with Crippen molar-refractivity contribution in [2.75, 3.05) is 0 Å².